The number of rotatable bonds is 13. The van der Waals surface area contributed by atoms with Crippen LogP contribution in [0.25, 0.3) is 10.8 Å². The van der Waals surface area contributed by atoms with Gasteiger partial charge in [0.15, 0.2) is 0 Å². The second-order valence-corrected chi connectivity index (χ2v) is 7.86. The fraction of sp³-hybridized carbons (Fsp3) is 0.583. The van der Waals surface area contributed by atoms with Gasteiger partial charge in [0, 0.05) is 16.7 Å². The SMILES string of the molecule is CCCCCCCCOc1ccc(OC(C)CCCCl)c2cc(C)ccc12. The van der Waals surface area contributed by atoms with Crippen molar-refractivity contribution in [3.63, 3.8) is 0 Å². The molecule has 0 saturated heterocycles. The molecule has 2 nitrogen and oxygen atoms in total. The number of fused-ring (bicyclic) bond motifs is 1. The van der Waals surface area contributed by atoms with E-state index < -0.39 is 0 Å². The Hall–Kier alpha value is -1.41. The number of hydrogen-bond acceptors (Lipinski definition) is 2. The van der Waals surface area contributed by atoms with Gasteiger partial charge in [0.2, 0.25) is 0 Å². The van der Waals surface area contributed by atoms with Crippen molar-refractivity contribution in [2.24, 2.45) is 0 Å². The summed E-state index contributed by atoms with van der Waals surface area (Å²) in [6.45, 7) is 7.25. The first kappa shape index (κ1) is 21.9. The zero-order valence-electron chi connectivity index (χ0n) is 17.2. The lowest BCUT2D eigenvalue weighted by Crippen LogP contribution is -2.12. The van der Waals surface area contributed by atoms with Crippen LogP contribution >= 0.6 is 11.6 Å². The van der Waals surface area contributed by atoms with Gasteiger partial charge < -0.3 is 9.47 Å². The summed E-state index contributed by atoms with van der Waals surface area (Å²) >= 11 is 5.81. The topological polar surface area (TPSA) is 18.5 Å². The molecule has 2 rings (SSSR count). The second-order valence-electron chi connectivity index (χ2n) is 7.49. The summed E-state index contributed by atoms with van der Waals surface area (Å²) in [5, 5.41) is 2.27. The molecular weight excluding hydrogens is 356 g/mol. The number of halogens is 1. The number of benzene rings is 2. The number of ether oxygens (including phenoxy) is 2. The van der Waals surface area contributed by atoms with E-state index in [0.717, 1.165) is 48.1 Å². The third-order valence-corrected chi connectivity index (χ3v) is 5.19. The summed E-state index contributed by atoms with van der Waals surface area (Å²) in [6.07, 6.45) is 9.74. The molecule has 1 unspecified atom stereocenters. The van der Waals surface area contributed by atoms with Gasteiger partial charge in [0.1, 0.15) is 11.5 Å². The van der Waals surface area contributed by atoms with Crippen LogP contribution in [-0.4, -0.2) is 18.6 Å². The van der Waals surface area contributed by atoms with Gasteiger partial charge in [-0.15, -0.1) is 11.6 Å². The fourth-order valence-corrected chi connectivity index (χ4v) is 3.50. The highest BCUT2D eigenvalue weighted by atomic mass is 35.5. The van der Waals surface area contributed by atoms with Gasteiger partial charge in [-0.3, -0.25) is 0 Å². The maximum Gasteiger partial charge on any atom is 0.127 e. The van der Waals surface area contributed by atoms with E-state index in [1.807, 2.05) is 0 Å². The minimum absolute atomic E-state index is 0.155. The molecule has 0 N–H and O–H groups in total. The van der Waals surface area contributed by atoms with E-state index in [1.54, 1.807) is 0 Å². The highest BCUT2D eigenvalue weighted by Crippen LogP contribution is 2.35. The number of hydrogen-bond donors (Lipinski definition) is 0. The molecule has 0 aliphatic heterocycles. The number of aryl methyl sites for hydroxylation is 1. The Labute approximate surface area is 170 Å². The van der Waals surface area contributed by atoms with Gasteiger partial charge in [0.25, 0.3) is 0 Å². The predicted octanol–water partition coefficient (Wildman–Crippen LogP) is 7.67. The molecule has 0 saturated carbocycles. The van der Waals surface area contributed by atoms with Crippen molar-refractivity contribution in [2.45, 2.75) is 78.2 Å². The Morgan fingerprint density at radius 2 is 1.63 bits per heavy atom. The van der Waals surface area contributed by atoms with Crippen LogP contribution in [0.4, 0.5) is 0 Å². The minimum Gasteiger partial charge on any atom is -0.493 e. The van der Waals surface area contributed by atoms with Crippen LogP contribution in [0.3, 0.4) is 0 Å². The maximum atomic E-state index is 6.21. The van der Waals surface area contributed by atoms with E-state index in [4.69, 9.17) is 21.1 Å². The van der Waals surface area contributed by atoms with Crippen LogP contribution in [0, 0.1) is 6.92 Å². The molecule has 2 aromatic carbocycles. The molecule has 27 heavy (non-hydrogen) atoms. The van der Waals surface area contributed by atoms with Crippen LogP contribution in [0.2, 0.25) is 0 Å². The van der Waals surface area contributed by atoms with Crippen molar-refractivity contribution in [1.82, 2.24) is 0 Å². The van der Waals surface area contributed by atoms with Crippen molar-refractivity contribution < 1.29 is 9.47 Å². The molecule has 0 fully saturated rings. The summed E-state index contributed by atoms with van der Waals surface area (Å²) in [6, 6.07) is 10.6. The summed E-state index contributed by atoms with van der Waals surface area (Å²) < 4.78 is 12.3. The molecule has 0 aliphatic rings. The van der Waals surface area contributed by atoms with E-state index in [9.17, 15) is 0 Å². The fourth-order valence-electron chi connectivity index (χ4n) is 3.34. The lowest BCUT2D eigenvalue weighted by molar-refractivity contribution is 0.212. The molecule has 0 amide bonds. The van der Waals surface area contributed by atoms with E-state index >= 15 is 0 Å². The van der Waals surface area contributed by atoms with E-state index in [-0.39, 0.29) is 6.10 Å². The Bertz CT molecular complexity index is 683. The van der Waals surface area contributed by atoms with Gasteiger partial charge in [-0.2, -0.15) is 0 Å². The van der Waals surface area contributed by atoms with Crippen LogP contribution in [0.5, 0.6) is 11.5 Å². The second kappa shape index (κ2) is 12.1. The molecule has 0 bridgehead atoms. The zero-order valence-corrected chi connectivity index (χ0v) is 18.0. The maximum absolute atomic E-state index is 6.21. The quantitative estimate of drug-likeness (QED) is 0.258. The molecule has 150 valence electrons. The Balaban J connectivity index is 2.02. The van der Waals surface area contributed by atoms with E-state index in [0.29, 0.717) is 5.88 Å². The summed E-state index contributed by atoms with van der Waals surface area (Å²) in [5.74, 6) is 2.57. The first-order valence-electron chi connectivity index (χ1n) is 10.5. The van der Waals surface area contributed by atoms with Gasteiger partial charge >= 0.3 is 0 Å². The third kappa shape index (κ3) is 7.25. The molecule has 3 heteroatoms. The van der Waals surface area contributed by atoms with Gasteiger partial charge in [-0.25, -0.2) is 0 Å². The molecular formula is C24H35ClO2. The monoisotopic (exact) mass is 390 g/mol. The predicted molar refractivity (Wildman–Crippen MR) is 118 cm³/mol. The van der Waals surface area contributed by atoms with E-state index in [1.165, 1.54) is 37.7 Å². The van der Waals surface area contributed by atoms with Crippen molar-refractivity contribution in [1.29, 1.82) is 0 Å². The first-order chi connectivity index (χ1) is 13.2. The lowest BCUT2D eigenvalue weighted by Gasteiger charge is -2.18. The van der Waals surface area contributed by atoms with Crippen molar-refractivity contribution >= 4 is 22.4 Å². The lowest BCUT2D eigenvalue weighted by atomic mass is 10.1. The smallest absolute Gasteiger partial charge is 0.127 e. The standard InChI is InChI=1S/C24H35ClO2/c1-4-5-6-7-8-9-17-26-23-14-15-24(27-20(3)11-10-16-25)22-18-19(2)12-13-21(22)23/h12-15,18,20H,4-11,16-17H2,1-3H3. The summed E-state index contributed by atoms with van der Waals surface area (Å²) in [4.78, 5) is 0. The van der Waals surface area contributed by atoms with Gasteiger partial charge in [0.05, 0.1) is 12.7 Å². The molecule has 0 spiro atoms. The van der Waals surface area contributed by atoms with Crippen molar-refractivity contribution in [3.8, 4) is 11.5 Å². The average molecular weight is 391 g/mol. The molecule has 0 aromatic heterocycles. The third-order valence-electron chi connectivity index (χ3n) is 4.92. The van der Waals surface area contributed by atoms with Crippen molar-refractivity contribution in [3.05, 3.63) is 35.9 Å². The first-order valence-corrected chi connectivity index (χ1v) is 11.1. The molecule has 1 atom stereocenters. The Kier molecular flexibility index (Phi) is 9.83. The summed E-state index contributed by atoms with van der Waals surface area (Å²) in [7, 11) is 0. The Morgan fingerprint density at radius 3 is 2.41 bits per heavy atom. The van der Waals surface area contributed by atoms with Gasteiger partial charge in [-0.05, 0) is 51.3 Å². The molecule has 0 aliphatic carbocycles. The number of alkyl halides is 1. The van der Waals surface area contributed by atoms with E-state index in [2.05, 4.69) is 51.1 Å². The molecule has 2 aromatic rings. The average Bonchev–Trinajstić information content (AvgIpc) is 2.67. The highest BCUT2D eigenvalue weighted by Gasteiger charge is 2.11. The summed E-state index contributed by atoms with van der Waals surface area (Å²) in [5.41, 5.74) is 1.23. The van der Waals surface area contributed by atoms with Crippen molar-refractivity contribution in [2.75, 3.05) is 12.5 Å². The largest absolute Gasteiger partial charge is 0.493 e. The van der Waals surface area contributed by atoms with Gasteiger partial charge in [-0.1, -0.05) is 56.7 Å². The van der Waals surface area contributed by atoms with Crippen LogP contribution in [0.1, 0.15) is 70.8 Å². The zero-order chi connectivity index (χ0) is 19.5. The van der Waals surface area contributed by atoms with Crippen LogP contribution in [-0.2, 0) is 0 Å². The van der Waals surface area contributed by atoms with Crippen LogP contribution < -0.4 is 9.47 Å². The highest BCUT2D eigenvalue weighted by molar-refractivity contribution is 6.17. The Morgan fingerprint density at radius 1 is 0.889 bits per heavy atom. The normalized spacial score (nSPS) is 12.3. The molecule has 0 heterocycles. The minimum atomic E-state index is 0.155. The molecule has 0 radical (unpaired) electrons. The van der Waals surface area contributed by atoms with Crippen LogP contribution in [0.15, 0.2) is 30.3 Å². The number of unbranched alkanes of at least 4 members (excludes halogenated alkanes) is 5.